The highest BCUT2D eigenvalue weighted by atomic mass is 32.1. The molecule has 2 heterocycles. The van der Waals surface area contributed by atoms with Crippen molar-refractivity contribution in [2.24, 2.45) is 0 Å². The average molecular weight is 262 g/mol. The molecule has 0 saturated heterocycles. The van der Waals surface area contributed by atoms with E-state index in [2.05, 4.69) is 11.6 Å². The second-order valence-corrected chi connectivity index (χ2v) is 5.12. The van der Waals surface area contributed by atoms with Crippen LogP contribution in [0, 0.1) is 13.8 Å². The Kier molecular flexibility index (Phi) is 3.09. The third kappa shape index (κ3) is 1.76. The highest BCUT2D eigenvalue weighted by Gasteiger charge is 2.20. The molecular weight excluding hydrogens is 248 g/mol. The van der Waals surface area contributed by atoms with Crippen LogP contribution in [0.2, 0.25) is 0 Å². The lowest BCUT2D eigenvalue weighted by atomic mass is 10.0. The van der Waals surface area contributed by atoms with Crippen LogP contribution in [0.3, 0.4) is 0 Å². The van der Waals surface area contributed by atoms with E-state index in [4.69, 9.17) is 10.8 Å². The summed E-state index contributed by atoms with van der Waals surface area (Å²) >= 11 is 1.13. The topological polar surface area (TPSA) is 76.2 Å². The van der Waals surface area contributed by atoms with Gasteiger partial charge < -0.3 is 10.8 Å². The first-order valence-electron chi connectivity index (χ1n) is 5.49. The summed E-state index contributed by atoms with van der Waals surface area (Å²) in [5, 5.41) is 9.85. The summed E-state index contributed by atoms with van der Waals surface area (Å²) in [5.74, 6) is -1.00. The number of pyridine rings is 1. The number of nitrogen functional groups attached to an aromatic ring is 1. The fraction of sp³-hybridized carbons (Fsp3) is 0.231. The van der Waals surface area contributed by atoms with Crippen molar-refractivity contribution in [2.45, 2.75) is 20.3 Å². The largest absolute Gasteiger partial charge is 0.477 e. The smallest absolute Gasteiger partial charge is 0.348 e. The number of thiophene rings is 1. The molecule has 0 aliphatic rings. The molecule has 0 aliphatic heterocycles. The number of aromatic nitrogens is 1. The lowest BCUT2D eigenvalue weighted by Gasteiger charge is -2.08. The predicted octanol–water partition coefficient (Wildman–Crippen LogP) is 2.92. The number of carbonyl (C=O) groups is 1. The van der Waals surface area contributed by atoms with Gasteiger partial charge >= 0.3 is 5.97 Å². The molecule has 0 saturated carbocycles. The average Bonchev–Trinajstić information content (AvgIpc) is 2.62. The zero-order valence-corrected chi connectivity index (χ0v) is 11.1. The van der Waals surface area contributed by atoms with Crippen molar-refractivity contribution in [3.8, 4) is 0 Å². The fourth-order valence-electron chi connectivity index (χ4n) is 2.12. The standard InChI is InChI=1S/C13H14N2O2S/c1-4-5-8-6(2)9-10(14)11(13(16)17)18-12(9)15-7(8)3/h4H,1,5,14H2,2-3H3,(H,16,17). The van der Waals surface area contributed by atoms with Gasteiger partial charge in [0.25, 0.3) is 0 Å². The molecule has 2 aromatic rings. The minimum Gasteiger partial charge on any atom is -0.477 e. The van der Waals surface area contributed by atoms with E-state index in [9.17, 15) is 4.79 Å². The van der Waals surface area contributed by atoms with Gasteiger partial charge in [0.1, 0.15) is 9.71 Å². The van der Waals surface area contributed by atoms with Crippen molar-refractivity contribution < 1.29 is 9.90 Å². The van der Waals surface area contributed by atoms with Crippen LogP contribution in [-0.4, -0.2) is 16.1 Å². The number of aryl methyl sites for hydroxylation is 2. The van der Waals surface area contributed by atoms with E-state index in [1.54, 1.807) is 0 Å². The molecule has 0 atom stereocenters. The Bertz CT molecular complexity index is 659. The minimum absolute atomic E-state index is 0.163. The van der Waals surface area contributed by atoms with Gasteiger partial charge in [0.05, 0.1) is 5.69 Å². The maximum atomic E-state index is 11.1. The van der Waals surface area contributed by atoms with Crippen LogP contribution in [0.15, 0.2) is 12.7 Å². The van der Waals surface area contributed by atoms with E-state index in [1.165, 1.54) is 0 Å². The van der Waals surface area contributed by atoms with Crippen LogP contribution in [0.5, 0.6) is 0 Å². The summed E-state index contributed by atoms with van der Waals surface area (Å²) in [6.07, 6.45) is 2.52. The van der Waals surface area contributed by atoms with Gasteiger partial charge in [0, 0.05) is 11.1 Å². The highest BCUT2D eigenvalue weighted by Crippen LogP contribution is 2.36. The SMILES string of the molecule is C=CCc1c(C)nc2sc(C(=O)O)c(N)c2c1C. The van der Waals surface area contributed by atoms with Crippen LogP contribution >= 0.6 is 11.3 Å². The zero-order chi connectivity index (χ0) is 13.4. The maximum absolute atomic E-state index is 11.1. The third-order valence-corrected chi connectivity index (χ3v) is 4.09. The lowest BCUT2D eigenvalue weighted by molar-refractivity contribution is 0.0703. The number of anilines is 1. The first kappa shape index (κ1) is 12.6. The van der Waals surface area contributed by atoms with Gasteiger partial charge in [-0.05, 0) is 31.4 Å². The Hall–Kier alpha value is -1.88. The summed E-state index contributed by atoms with van der Waals surface area (Å²) in [4.78, 5) is 16.4. The molecule has 94 valence electrons. The van der Waals surface area contributed by atoms with Crippen molar-refractivity contribution in [3.05, 3.63) is 34.4 Å². The van der Waals surface area contributed by atoms with Gasteiger partial charge in [-0.1, -0.05) is 6.08 Å². The maximum Gasteiger partial charge on any atom is 0.348 e. The summed E-state index contributed by atoms with van der Waals surface area (Å²) in [6, 6.07) is 0. The van der Waals surface area contributed by atoms with Crippen LogP contribution in [0.4, 0.5) is 5.69 Å². The number of carboxylic acid groups (broad SMARTS) is 1. The first-order valence-corrected chi connectivity index (χ1v) is 6.31. The van der Waals surface area contributed by atoms with E-state index in [0.29, 0.717) is 16.9 Å². The monoisotopic (exact) mass is 262 g/mol. The molecular formula is C13H14N2O2S. The van der Waals surface area contributed by atoms with Crippen molar-refractivity contribution in [1.29, 1.82) is 0 Å². The van der Waals surface area contributed by atoms with Crippen molar-refractivity contribution in [1.82, 2.24) is 4.98 Å². The zero-order valence-electron chi connectivity index (χ0n) is 10.3. The number of hydrogen-bond acceptors (Lipinski definition) is 4. The summed E-state index contributed by atoms with van der Waals surface area (Å²) in [5.41, 5.74) is 9.21. The van der Waals surface area contributed by atoms with E-state index >= 15 is 0 Å². The molecule has 3 N–H and O–H groups in total. The molecule has 18 heavy (non-hydrogen) atoms. The molecule has 0 fully saturated rings. The quantitative estimate of drug-likeness (QED) is 0.834. The Morgan fingerprint density at radius 1 is 1.56 bits per heavy atom. The summed E-state index contributed by atoms with van der Waals surface area (Å²) < 4.78 is 0. The van der Waals surface area contributed by atoms with Crippen LogP contribution in [-0.2, 0) is 6.42 Å². The molecule has 0 bridgehead atoms. The number of rotatable bonds is 3. The summed E-state index contributed by atoms with van der Waals surface area (Å²) in [6.45, 7) is 7.59. The second-order valence-electron chi connectivity index (χ2n) is 4.12. The van der Waals surface area contributed by atoms with E-state index < -0.39 is 5.97 Å². The van der Waals surface area contributed by atoms with E-state index in [-0.39, 0.29) is 4.88 Å². The number of hydrogen-bond donors (Lipinski definition) is 2. The first-order chi connectivity index (χ1) is 8.47. The van der Waals surface area contributed by atoms with Crippen molar-refractivity contribution in [2.75, 3.05) is 5.73 Å². The van der Waals surface area contributed by atoms with E-state index in [1.807, 2.05) is 19.9 Å². The molecule has 2 rings (SSSR count). The minimum atomic E-state index is -1.00. The van der Waals surface area contributed by atoms with Gasteiger partial charge in [0.15, 0.2) is 0 Å². The number of carboxylic acids is 1. The predicted molar refractivity (Wildman–Crippen MR) is 74.4 cm³/mol. The second kappa shape index (κ2) is 4.42. The molecule has 2 aromatic heterocycles. The molecule has 0 aliphatic carbocycles. The van der Waals surface area contributed by atoms with Crippen LogP contribution < -0.4 is 5.73 Å². The van der Waals surface area contributed by atoms with Crippen molar-refractivity contribution >= 4 is 33.2 Å². The molecule has 0 unspecified atom stereocenters. The molecule has 4 nitrogen and oxygen atoms in total. The number of nitrogens with zero attached hydrogens (tertiary/aromatic N) is 1. The fourth-order valence-corrected chi connectivity index (χ4v) is 3.16. The van der Waals surface area contributed by atoms with E-state index in [0.717, 1.165) is 33.5 Å². The molecule has 5 heteroatoms. The van der Waals surface area contributed by atoms with Crippen molar-refractivity contribution in [3.63, 3.8) is 0 Å². The van der Waals surface area contributed by atoms with Crippen LogP contribution in [0.1, 0.15) is 26.5 Å². The molecule has 0 amide bonds. The number of aromatic carboxylic acids is 1. The molecule has 0 radical (unpaired) electrons. The molecule has 0 spiro atoms. The van der Waals surface area contributed by atoms with Gasteiger partial charge in [0.2, 0.25) is 0 Å². The number of allylic oxidation sites excluding steroid dienone is 1. The van der Waals surface area contributed by atoms with Crippen LogP contribution in [0.25, 0.3) is 10.2 Å². The molecule has 0 aromatic carbocycles. The highest BCUT2D eigenvalue weighted by molar-refractivity contribution is 7.21. The number of nitrogens with two attached hydrogens (primary N) is 1. The van der Waals surface area contributed by atoms with Gasteiger partial charge in [-0.3, -0.25) is 0 Å². The number of fused-ring (bicyclic) bond motifs is 1. The van der Waals surface area contributed by atoms with Gasteiger partial charge in [-0.15, -0.1) is 17.9 Å². The Labute approximate surface area is 109 Å². The Balaban J connectivity index is 2.84. The third-order valence-electron chi connectivity index (χ3n) is 3.00. The Morgan fingerprint density at radius 2 is 2.22 bits per heavy atom. The van der Waals surface area contributed by atoms with Gasteiger partial charge in [-0.2, -0.15) is 0 Å². The normalized spacial score (nSPS) is 10.8. The summed E-state index contributed by atoms with van der Waals surface area (Å²) in [7, 11) is 0. The lowest BCUT2D eigenvalue weighted by Crippen LogP contribution is -1.99. The van der Waals surface area contributed by atoms with Gasteiger partial charge in [-0.25, -0.2) is 9.78 Å². The Morgan fingerprint density at radius 3 is 2.78 bits per heavy atom.